The van der Waals surface area contributed by atoms with E-state index in [0.717, 1.165) is 0 Å². The van der Waals surface area contributed by atoms with E-state index >= 15 is 0 Å². The Kier molecular flexibility index (Phi) is 4.78. The van der Waals surface area contributed by atoms with Gasteiger partial charge in [0, 0.05) is 5.54 Å². The zero-order chi connectivity index (χ0) is 13.8. The van der Waals surface area contributed by atoms with Crippen LogP contribution in [-0.4, -0.2) is 16.6 Å². The van der Waals surface area contributed by atoms with Gasteiger partial charge < -0.3 is 10.6 Å². The number of benzene rings is 1. The Labute approximate surface area is 112 Å². The third kappa shape index (κ3) is 5.23. The van der Waals surface area contributed by atoms with Crippen molar-refractivity contribution in [2.75, 3.05) is 0 Å². The molecule has 0 heterocycles. The molecule has 1 aromatic carbocycles. The lowest BCUT2D eigenvalue weighted by Gasteiger charge is -2.22. The van der Waals surface area contributed by atoms with Crippen molar-refractivity contribution in [3.05, 3.63) is 35.6 Å². The number of hydrogen-bond acceptors (Lipinski definition) is 2. The SMILES string of the molecule is CC(C)(C)NC(=S)NC(=O)Cc1ccccc1F. The van der Waals surface area contributed by atoms with Crippen molar-refractivity contribution >= 4 is 23.2 Å². The summed E-state index contributed by atoms with van der Waals surface area (Å²) in [6, 6.07) is 6.18. The molecule has 0 bridgehead atoms. The van der Waals surface area contributed by atoms with Gasteiger partial charge in [-0.25, -0.2) is 4.39 Å². The smallest absolute Gasteiger partial charge is 0.230 e. The van der Waals surface area contributed by atoms with Gasteiger partial charge in [0.2, 0.25) is 5.91 Å². The molecule has 3 nitrogen and oxygen atoms in total. The second kappa shape index (κ2) is 5.91. The molecule has 0 saturated heterocycles. The number of halogens is 1. The third-order valence-corrected chi connectivity index (χ3v) is 2.25. The Morgan fingerprint density at radius 1 is 1.33 bits per heavy atom. The van der Waals surface area contributed by atoms with Crippen LogP contribution < -0.4 is 10.6 Å². The Balaban J connectivity index is 2.53. The number of nitrogens with one attached hydrogen (secondary N) is 2. The molecule has 0 atom stereocenters. The summed E-state index contributed by atoms with van der Waals surface area (Å²) in [6.45, 7) is 5.80. The van der Waals surface area contributed by atoms with Crippen molar-refractivity contribution in [1.82, 2.24) is 10.6 Å². The van der Waals surface area contributed by atoms with Gasteiger partial charge in [-0.3, -0.25) is 4.79 Å². The van der Waals surface area contributed by atoms with Crippen LogP contribution in [0, 0.1) is 5.82 Å². The van der Waals surface area contributed by atoms with E-state index in [4.69, 9.17) is 12.2 Å². The first-order valence-electron chi connectivity index (χ1n) is 5.63. The molecule has 0 aliphatic carbocycles. The summed E-state index contributed by atoms with van der Waals surface area (Å²) in [4.78, 5) is 11.7. The molecular weight excluding hydrogens is 251 g/mol. The number of carbonyl (C=O) groups is 1. The number of carbonyl (C=O) groups excluding carboxylic acids is 1. The Morgan fingerprint density at radius 2 is 1.94 bits per heavy atom. The van der Waals surface area contributed by atoms with E-state index in [1.165, 1.54) is 6.07 Å². The molecular formula is C13H17FN2OS. The average molecular weight is 268 g/mol. The lowest BCUT2D eigenvalue weighted by molar-refractivity contribution is -0.119. The fourth-order valence-electron chi connectivity index (χ4n) is 1.36. The molecule has 1 amide bonds. The van der Waals surface area contributed by atoms with E-state index in [2.05, 4.69) is 10.6 Å². The molecule has 1 rings (SSSR count). The molecule has 5 heteroatoms. The van der Waals surface area contributed by atoms with E-state index in [9.17, 15) is 9.18 Å². The Hall–Kier alpha value is -1.49. The molecule has 0 radical (unpaired) electrons. The summed E-state index contributed by atoms with van der Waals surface area (Å²) in [6.07, 6.45) is -0.0291. The van der Waals surface area contributed by atoms with Gasteiger partial charge in [0.1, 0.15) is 5.82 Å². The summed E-state index contributed by atoms with van der Waals surface area (Å²) in [7, 11) is 0. The first kappa shape index (κ1) is 14.6. The second-order valence-corrected chi connectivity index (χ2v) is 5.43. The Morgan fingerprint density at radius 3 is 2.50 bits per heavy atom. The lowest BCUT2D eigenvalue weighted by atomic mass is 10.1. The van der Waals surface area contributed by atoms with Crippen LogP contribution in [0.4, 0.5) is 4.39 Å². The minimum absolute atomic E-state index is 0.0291. The van der Waals surface area contributed by atoms with Crippen LogP contribution in [0.15, 0.2) is 24.3 Å². The molecule has 0 aliphatic heterocycles. The zero-order valence-corrected chi connectivity index (χ0v) is 11.5. The van der Waals surface area contributed by atoms with Crippen molar-refractivity contribution in [2.45, 2.75) is 32.7 Å². The van der Waals surface area contributed by atoms with E-state index in [1.54, 1.807) is 18.2 Å². The molecule has 0 saturated carbocycles. The standard InChI is InChI=1S/C13H17FN2OS/c1-13(2,3)16-12(18)15-11(17)8-9-6-4-5-7-10(9)14/h4-7H,8H2,1-3H3,(H2,15,16,17,18). The van der Waals surface area contributed by atoms with E-state index in [1.807, 2.05) is 20.8 Å². The minimum Gasteiger partial charge on any atom is -0.358 e. The molecule has 0 aliphatic rings. The molecule has 0 aromatic heterocycles. The topological polar surface area (TPSA) is 41.1 Å². The van der Waals surface area contributed by atoms with Crippen molar-refractivity contribution in [1.29, 1.82) is 0 Å². The van der Waals surface area contributed by atoms with Gasteiger partial charge in [0.15, 0.2) is 5.11 Å². The molecule has 0 spiro atoms. The predicted octanol–water partition coefficient (Wildman–Crippen LogP) is 2.16. The highest BCUT2D eigenvalue weighted by Crippen LogP contribution is 2.06. The van der Waals surface area contributed by atoms with E-state index in [0.29, 0.717) is 5.56 Å². The van der Waals surface area contributed by atoms with Crippen LogP contribution >= 0.6 is 12.2 Å². The summed E-state index contributed by atoms with van der Waals surface area (Å²) in [5.74, 6) is -0.718. The molecule has 0 fully saturated rings. The maximum absolute atomic E-state index is 13.3. The van der Waals surface area contributed by atoms with Crippen LogP contribution in [0.5, 0.6) is 0 Å². The van der Waals surface area contributed by atoms with Crippen LogP contribution in [0.1, 0.15) is 26.3 Å². The highest BCUT2D eigenvalue weighted by atomic mass is 32.1. The van der Waals surface area contributed by atoms with Gasteiger partial charge in [0.05, 0.1) is 6.42 Å². The van der Waals surface area contributed by atoms with Crippen molar-refractivity contribution in [2.24, 2.45) is 0 Å². The van der Waals surface area contributed by atoms with Gasteiger partial charge in [0.25, 0.3) is 0 Å². The van der Waals surface area contributed by atoms with Crippen LogP contribution in [-0.2, 0) is 11.2 Å². The second-order valence-electron chi connectivity index (χ2n) is 5.02. The lowest BCUT2D eigenvalue weighted by Crippen LogP contribution is -2.48. The fraction of sp³-hybridized carbons (Fsp3) is 0.385. The average Bonchev–Trinajstić information content (AvgIpc) is 2.18. The summed E-state index contributed by atoms with van der Waals surface area (Å²) in [5.41, 5.74) is 0.135. The predicted molar refractivity (Wildman–Crippen MR) is 73.7 cm³/mol. The molecule has 18 heavy (non-hydrogen) atoms. The number of hydrogen-bond donors (Lipinski definition) is 2. The van der Waals surface area contributed by atoms with E-state index in [-0.39, 0.29) is 28.8 Å². The summed E-state index contributed by atoms with van der Waals surface area (Å²) >= 11 is 4.99. The van der Waals surface area contributed by atoms with Gasteiger partial charge in [-0.1, -0.05) is 18.2 Å². The first-order chi connectivity index (χ1) is 8.28. The number of amides is 1. The number of thiocarbonyl (C=S) groups is 1. The highest BCUT2D eigenvalue weighted by Gasteiger charge is 2.14. The zero-order valence-electron chi connectivity index (χ0n) is 10.7. The van der Waals surface area contributed by atoms with Gasteiger partial charge >= 0.3 is 0 Å². The Bertz CT molecular complexity index is 455. The molecule has 1 aromatic rings. The van der Waals surface area contributed by atoms with Crippen LogP contribution in [0.3, 0.4) is 0 Å². The monoisotopic (exact) mass is 268 g/mol. The molecule has 0 unspecified atom stereocenters. The van der Waals surface area contributed by atoms with Crippen molar-refractivity contribution in [3.63, 3.8) is 0 Å². The normalized spacial score (nSPS) is 10.9. The number of rotatable bonds is 2. The highest BCUT2D eigenvalue weighted by molar-refractivity contribution is 7.80. The van der Waals surface area contributed by atoms with Crippen LogP contribution in [0.2, 0.25) is 0 Å². The minimum atomic E-state index is -0.387. The van der Waals surface area contributed by atoms with Gasteiger partial charge in [-0.05, 0) is 44.6 Å². The quantitative estimate of drug-likeness (QED) is 0.808. The van der Waals surface area contributed by atoms with E-state index < -0.39 is 0 Å². The van der Waals surface area contributed by atoms with Gasteiger partial charge in [-0.2, -0.15) is 0 Å². The molecule has 98 valence electrons. The maximum atomic E-state index is 13.3. The van der Waals surface area contributed by atoms with Crippen molar-refractivity contribution in [3.8, 4) is 0 Å². The van der Waals surface area contributed by atoms with Crippen molar-refractivity contribution < 1.29 is 9.18 Å². The van der Waals surface area contributed by atoms with Gasteiger partial charge in [-0.15, -0.1) is 0 Å². The first-order valence-corrected chi connectivity index (χ1v) is 6.04. The summed E-state index contributed by atoms with van der Waals surface area (Å²) in [5, 5.41) is 5.74. The molecule has 2 N–H and O–H groups in total. The largest absolute Gasteiger partial charge is 0.358 e. The summed E-state index contributed by atoms with van der Waals surface area (Å²) < 4.78 is 13.3. The third-order valence-electron chi connectivity index (χ3n) is 2.05. The van der Waals surface area contributed by atoms with Crippen LogP contribution in [0.25, 0.3) is 0 Å². The fourth-order valence-corrected chi connectivity index (χ4v) is 1.78. The maximum Gasteiger partial charge on any atom is 0.230 e.